The third-order valence-electron chi connectivity index (χ3n) is 2.86. The molecule has 0 bridgehead atoms. The van der Waals surface area contributed by atoms with Crippen LogP contribution >= 0.6 is 0 Å². The molecule has 0 saturated heterocycles. The summed E-state index contributed by atoms with van der Waals surface area (Å²) in [5, 5.41) is 7.83. The Morgan fingerprint density at radius 3 is 2.72 bits per heavy atom. The number of fused-ring (bicyclic) bond motifs is 1. The predicted molar refractivity (Wildman–Crippen MR) is 77.8 cm³/mol. The molecule has 0 aliphatic heterocycles. The Labute approximate surface area is 109 Å². The van der Waals surface area contributed by atoms with Gasteiger partial charge in [-0.15, -0.1) is 0 Å². The van der Waals surface area contributed by atoms with Gasteiger partial charge in [0.2, 0.25) is 0 Å². The van der Waals surface area contributed by atoms with Gasteiger partial charge in [0.1, 0.15) is 5.82 Å². The third-order valence-corrected chi connectivity index (χ3v) is 2.86. The summed E-state index contributed by atoms with van der Waals surface area (Å²) in [5.74, 6) is 1.58. The van der Waals surface area contributed by atoms with Crippen LogP contribution in [0.3, 0.4) is 0 Å². The van der Waals surface area contributed by atoms with Gasteiger partial charge in [0.05, 0.1) is 5.52 Å². The first kappa shape index (κ1) is 12.8. The Morgan fingerprint density at radius 2 is 2.00 bits per heavy atom. The van der Waals surface area contributed by atoms with Gasteiger partial charge in [-0.25, -0.2) is 4.98 Å². The van der Waals surface area contributed by atoms with E-state index < -0.39 is 0 Å². The van der Waals surface area contributed by atoms with E-state index in [1.165, 1.54) is 10.9 Å². The number of hydrogen-bond donors (Lipinski definition) is 2. The number of pyridine rings is 1. The number of aromatic nitrogens is 1. The van der Waals surface area contributed by atoms with Crippen LogP contribution in [0, 0.1) is 5.92 Å². The first-order valence-electron chi connectivity index (χ1n) is 6.48. The maximum Gasteiger partial charge on any atom is 0.126 e. The highest BCUT2D eigenvalue weighted by Gasteiger charge is 2.05. The molecule has 3 nitrogen and oxygen atoms in total. The van der Waals surface area contributed by atoms with Crippen molar-refractivity contribution < 1.29 is 0 Å². The van der Waals surface area contributed by atoms with Crippen LogP contribution in [0.5, 0.6) is 0 Å². The van der Waals surface area contributed by atoms with Gasteiger partial charge < -0.3 is 10.6 Å². The molecule has 0 atom stereocenters. The van der Waals surface area contributed by atoms with E-state index in [1.807, 2.05) is 13.1 Å². The first-order chi connectivity index (χ1) is 8.70. The lowest BCUT2D eigenvalue weighted by Crippen LogP contribution is -2.11. The summed E-state index contributed by atoms with van der Waals surface area (Å²) in [7, 11) is 1.97. The number of para-hydroxylation sites is 1. The smallest absolute Gasteiger partial charge is 0.126 e. The van der Waals surface area contributed by atoms with Crippen LogP contribution in [0.2, 0.25) is 0 Å². The number of nitrogens with zero attached hydrogens (tertiary/aromatic N) is 1. The molecule has 2 N–H and O–H groups in total. The van der Waals surface area contributed by atoms with Crippen LogP contribution < -0.4 is 10.6 Å². The fourth-order valence-corrected chi connectivity index (χ4v) is 1.98. The van der Waals surface area contributed by atoms with Crippen molar-refractivity contribution in [3.8, 4) is 0 Å². The van der Waals surface area contributed by atoms with Crippen molar-refractivity contribution >= 4 is 16.7 Å². The van der Waals surface area contributed by atoms with E-state index >= 15 is 0 Å². The van der Waals surface area contributed by atoms with E-state index in [1.54, 1.807) is 0 Å². The molecule has 96 valence electrons. The summed E-state index contributed by atoms with van der Waals surface area (Å²) in [6.45, 7) is 6.20. The van der Waals surface area contributed by atoms with Crippen molar-refractivity contribution in [3.63, 3.8) is 0 Å². The van der Waals surface area contributed by atoms with E-state index in [2.05, 4.69) is 53.7 Å². The van der Waals surface area contributed by atoms with Gasteiger partial charge in [-0.2, -0.15) is 0 Å². The number of rotatable bonds is 5. The molecule has 0 spiro atoms. The van der Waals surface area contributed by atoms with Gasteiger partial charge in [-0.1, -0.05) is 32.0 Å². The highest BCUT2D eigenvalue weighted by Crippen LogP contribution is 2.20. The number of benzene rings is 1. The lowest BCUT2D eigenvalue weighted by atomic mass is 10.1. The highest BCUT2D eigenvalue weighted by molar-refractivity contribution is 5.84. The Bertz CT molecular complexity index is 520. The fraction of sp³-hybridized carbons (Fsp3) is 0.400. The van der Waals surface area contributed by atoms with Gasteiger partial charge in [-0.3, -0.25) is 0 Å². The lowest BCUT2D eigenvalue weighted by Gasteiger charge is -2.12. The first-order valence-corrected chi connectivity index (χ1v) is 6.48. The lowest BCUT2D eigenvalue weighted by molar-refractivity contribution is 0.687. The summed E-state index contributed by atoms with van der Waals surface area (Å²) in [6, 6.07) is 10.4. The zero-order valence-corrected chi connectivity index (χ0v) is 11.3. The molecule has 0 amide bonds. The number of hydrogen-bond acceptors (Lipinski definition) is 3. The number of nitrogens with one attached hydrogen (secondary N) is 2. The second kappa shape index (κ2) is 5.83. The van der Waals surface area contributed by atoms with Crippen LogP contribution in [0.4, 0.5) is 5.82 Å². The molecule has 0 aliphatic carbocycles. The molecule has 2 aromatic rings. The molecule has 0 radical (unpaired) electrons. The van der Waals surface area contributed by atoms with E-state index in [9.17, 15) is 0 Å². The highest BCUT2D eigenvalue weighted by atomic mass is 15.0. The summed E-state index contributed by atoms with van der Waals surface area (Å²) >= 11 is 0. The average molecular weight is 243 g/mol. The Morgan fingerprint density at radius 1 is 1.22 bits per heavy atom. The molecule has 0 aliphatic rings. The van der Waals surface area contributed by atoms with Gasteiger partial charge in [0.15, 0.2) is 0 Å². The van der Waals surface area contributed by atoms with Crippen LogP contribution in [-0.2, 0) is 6.54 Å². The Kier molecular flexibility index (Phi) is 4.15. The monoisotopic (exact) mass is 243 g/mol. The maximum absolute atomic E-state index is 4.65. The summed E-state index contributed by atoms with van der Waals surface area (Å²) in [5.41, 5.74) is 2.34. The Balaban J connectivity index is 2.37. The maximum atomic E-state index is 4.65. The van der Waals surface area contributed by atoms with E-state index in [0.29, 0.717) is 5.92 Å². The van der Waals surface area contributed by atoms with E-state index in [-0.39, 0.29) is 0 Å². The van der Waals surface area contributed by atoms with Crippen LogP contribution in [0.1, 0.15) is 19.4 Å². The van der Waals surface area contributed by atoms with Crippen LogP contribution in [0.15, 0.2) is 30.3 Å². The van der Waals surface area contributed by atoms with Crippen molar-refractivity contribution in [1.82, 2.24) is 10.3 Å². The number of anilines is 1. The minimum absolute atomic E-state index is 0.617. The van der Waals surface area contributed by atoms with E-state index in [0.717, 1.165) is 24.4 Å². The molecule has 1 aromatic carbocycles. The van der Waals surface area contributed by atoms with Gasteiger partial charge >= 0.3 is 0 Å². The topological polar surface area (TPSA) is 37.0 Å². The normalized spacial score (nSPS) is 11.1. The molecule has 1 aromatic heterocycles. The van der Waals surface area contributed by atoms with Crippen molar-refractivity contribution in [2.24, 2.45) is 5.92 Å². The third kappa shape index (κ3) is 2.99. The second-order valence-electron chi connectivity index (χ2n) is 4.99. The molecule has 2 rings (SSSR count). The minimum Gasteiger partial charge on any atom is -0.370 e. The van der Waals surface area contributed by atoms with Crippen LogP contribution in [-0.4, -0.2) is 18.6 Å². The molecule has 0 unspecified atom stereocenters. The van der Waals surface area contributed by atoms with E-state index in [4.69, 9.17) is 0 Å². The average Bonchev–Trinajstić information content (AvgIpc) is 2.37. The quantitative estimate of drug-likeness (QED) is 0.847. The summed E-state index contributed by atoms with van der Waals surface area (Å²) < 4.78 is 0. The molecular formula is C15H21N3. The van der Waals surface area contributed by atoms with Crippen molar-refractivity contribution in [1.29, 1.82) is 0 Å². The molecule has 18 heavy (non-hydrogen) atoms. The molecular weight excluding hydrogens is 222 g/mol. The van der Waals surface area contributed by atoms with Crippen molar-refractivity contribution in [2.45, 2.75) is 20.4 Å². The standard InChI is InChI=1S/C15H21N3/c1-11(2)9-17-15-8-12(10-16-3)13-6-4-5-7-14(13)18-15/h4-8,11,16H,9-10H2,1-3H3,(H,17,18). The van der Waals surface area contributed by atoms with Crippen LogP contribution in [0.25, 0.3) is 10.9 Å². The fourth-order valence-electron chi connectivity index (χ4n) is 1.98. The summed E-state index contributed by atoms with van der Waals surface area (Å²) in [6.07, 6.45) is 0. The van der Waals surface area contributed by atoms with Gasteiger partial charge in [0, 0.05) is 18.5 Å². The molecule has 3 heteroatoms. The zero-order chi connectivity index (χ0) is 13.0. The van der Waals surface area contributed by atoms with Crippen molar-refractivity contribution in [3.05, 3.63) is 35.9 Å². The zero-order valence-electron chi connectivity index (χ0n) is 11.3. The minimum atomic E-state index is 0.617. The molecule has 0 saturated carbocycles. The summed E-state index contributed by atoms with van der Waals surface area (Å²) in [4.78, 5) is 4.65. The van der Waals surface area contributed by atoms with Gasteiger partial charge in [0.25, 0.3) is 0 Å². The SMILES string of the molecule is CNCc1cc(NCC(C)C)nc2ccccc12. The van der Waals surface area contributed by atoms with Crippen molar-refractivity contribution in [2.75, 3.05) is 18.9 Å². The predicted octanol–water partition coefficient (Wildman–Crippen LogP) is 3.02. The second-order valence-corrected chi connectivity index (χ2v) is 4.99. The van der Waals surface area contributed by atoms with Gasteiger partial charge in [-0.05, 0) is 30.7 Å². The largest absolute Gasteiger partial charge is 0.370 e. The molecule has 1 heterocycles. The molecule has 0 fully saturated rings. The Hall–Kier alpha value is -1.61.